The Bertz CT molecular complexity index is 1230. The summed E-state index contributed by atoms with van der Waals surface area (Å²) in [6, 6.07) is 7.93. The van der Waals surface area contributed by atoms with Crippen LogP contribution in [-0.4, -0.2) is 54.4 Å². The summed E-state index contributed by atoms with van der Waals surface area (Å²) in [6.45, 7) is 4.13. The van der Waals surface area contributed by atoms with Gasteiger partial charge in [0.25, 0.3) is 11.1 Å². The molecule has 0 spiro atoms. The van der Waals surface area contributed by atoms with Gasteiger partial charge >= 0.3 is 0 Å². The lowest BCUT2D eigenvalue weighted by atomic mass is 10.0. The highest BCUT2D eigenvalue weighted by atomic mass is 32.2. The normalized spacial score (nSPS) is 18.5. The zero-order valence-corrected chi connectivity index (χ0v) is 18.2. The summed E-state index contributed by atoms with van der Waals surface area (Å²) in [5, 5.41) is 2.66. The van der Waals surface area contributed by atoms with Crippen LogP contribution in [-0.2, 0) is 16.1 Å². The molecular formula is C23H21N3O5S. The number of imide groups is 1. The summed E-state index contributed by atoms with van der Waals surface area (Å²) in [5.41, 5.74) is 3.48. The van der Waals surface area contributed by atoms with Crippen molar-refractivity contribution in [1.82, 2.24) is 15.2 Å². The topological polar surface area (TPSA) is 93.9 Å². The molecule has 9 heteroatoms. The molecule has 1 aromatic carbocycles. The Morgan fingerprint density at radius 2 is 2.03 bits per heavy atom. The molecule has 1 N–H and O–H groups in total. The van der Waals surface area contributed by atoms with Crippen molar-refractivity contribution in [3.05, 3.63) is 52.9 Å². The number of ether oxygens (including phenoxy) is 2. The summed E-state index contributed by atoms with van der Waals surface area (Å²) in [5.74, 6) is 0.777. The first-order chi connectivity index (χ1) is 15.6. The molecule has 8 nitrogen and oxygen atoms in total. The van der Waals surface area contributed by atoms with E-state index in [1.165, 1.54) is 0 Å². The number of furan rings is 1. The molecule has 0 radical (unpaired) electrons. The molecule has 0 unspecified atom stereocenters. The number of rotatable bonds is 5. The maximum absolute atomic E-state index is 11.9. The maximum Gasteiger partial charge on any atom is 0.290 e. The lowest BCUT2D eigenvalue weighted by Crippen LogP contribution is -2.35. The van der Waals surface area contributed by atoms with E-state index in [0.717, 1.165) is 72.4 Å². The van der Waals surface area contributed by atoms with Crippen LogP contribution in [0, 0.1) is 0 Å². The number of amides is 2. The largest absolute Gasteiger partial charge is 0.496 e. The third kappa shape index (κ3) is 4.14. The van der Waals surface area contributed by atoms with Crippen molar-refractivity contribution in [2.75, 3.05) is 33.4 Å². The Balaban J connectivity index is 1.53. The van der Waals surface area contributed by atoms with Crippen molar-refractivity contribution < 1.29 is 23.5 Å². The van der Waals surface area contributed by atoms with E-state index in [1.54, 1.807) is 31.6 Å². The molecule has 32 heavy (non-hydrogen) atoms. The monoisotopic (exact) mass is 451 g/mol. The van der Waals surface area contributed by atoms with Gasteiger partial charge in [-0.05, 0) is 35.5 Å². The fourth-order valence-electron chi connectivity index (χ4n) is 3.88. The molecule has 2 fully saturated rings. The van der Waals surface area contributed by atoms with Crippen molar-refractivity contribution in [2.45, 2.75) is 6.54 Å². The minimum atomic E-state index is -0.420. The lowest BCUT2D eigenvalue weighted by molar-refractivity contribution is -0.115. The molecule has 0 bridgehead atoms. The number of hydrogen-bond acceptors (Lipinski definition) is 8. The van der Waals surface area contributed by atoms with Gasteiger partial charge in [-0.15, -0.1) is 0 Å². The number of benzene rings is 1. The maximum atomic E-state index is 11.9. The summed E-state index contributed by atoms with van der Waals surface area (Å²) in [4.78, 5) is 30.3. The van der Waals surface area contributed by atoms with Gasteiger partial charge in [0.15, 0.2) is 0 Å². The molecule has 2 aliphatic heterocycles. The highest BCUT2D eigenvalue weighted by molar-refractivity contribution is 8.18. The summed E-state index contributed by atoms with van der Waals surface area (Å²) >= 11 is 0.856. The highest BCUT2D eigenvalue weighted by Crippen LogP contribution is 2.37. The second-order valence-electron chi connectivity index (χ2n) is 7.53. The minimum absolute atomic E-state index is 0.300. The van der Waals surface area contributed by atoms with Crippen molar-refractivity contribution >= 4 is 40.0 Å². The van der Waals surface area contributed by atoms with Gasteiger partial charge < -0.3 is 13.9 Å². The fraction of sp³-hybridized carbons (Fsp3) is 0.261. The standard InChI is InChI=1S/C23H21N3O5S/c1-29-19-3-2-14(13-26-4-6-30-7-5-26)8-17(19)18-12-24-11-15-9-16(31-21(15)18)10-20-22(27)25-23(28)32-20/h2-3,8-12H,4-7,13H2,1H3,(H,25,27,28)/b20-10-. The van der Waals surface area contributed by atoms with Crippen LogP contribution in [0.4, 0.5) is 4.79 Å². The van der Waals surface area contributed by atoms with Gasteiger partial charge in [0.1, 0.15) is 17.1 Å². The van der Waals surface area contributed by atoms with Crippen LogP contribution in [0.5, 0.6) is 5.75 Å². The number of nitrogens with one attached hydrogen (secondary N) is 1. The van der Waals surface area contributed by atoms with Gasteiger partial charge in [-0.3, -0.25) is 24.8 Å². The summed E-state index contributed by atoms with van der Waals surface area (Å²) in [7, 11) is 1.64. The fourth-order valence-corrected chi connectivity index (χ4v) is 4.54. The van der Waals surface area contributed by atoms with E-state index < -0.39 is 5.91 Å². The quantitative estimate of drug-likeness (QED) is 0.588. The molecule has 4 heterocycles. The van der Waals surface area contributed by atoms with E-state index in [-0.39, 0.29) is 5.24 Å². The van der Waals surface area contributed by atoms with Gasteiger partial charge in [-0.1, -0.05) is 6.07 Å². The molecule has 0 aliphatic carbocycles. The predicted molar refractivity (Wildman–Crippen MR) is 121 cm³/mol. The third-order valence-electron chi connectivity index (χ3n) is 5.42. The zero-order valence-electron chi connectivity index (χ0n) is 17.4. The molecule has 0 saturated carbocycles. The molecule has 2 aromatic heterocycles. The average molecular weight is 452 g/mol. The number of nitrogens with zero attached hydrogens (tertiary/aromatic N) is 2. The molecule has 2 amide bonds. The van der Waals surface area contributed by atoms with Crippen molar-refractivity contribution in [2.24, 2.45) is 0 Å². The lowest BCUT2D eigenvalue weighted by Gasteiger charge is -2.26. The van der Waals surface area contributed by atoms with Crippen LogP contribution in [0.2, 0.25) is 0 Å². The highest BCUT2D eigenvalue weighted by Gasteiger charge is 2.26. The van der Waals surface area contributed by atoms with Crippen LogP contribution in [0.1, 0.15) is 11.3 Å². The van der Waals surface area contributed by atoms with E-state index in [9.17, 15) is 9.59 Å². The van der Waals surface area contributed by atoms with Crippen molar-refractivity contribution in [1.29, 1.82) is 0 Å². The van der Waals surface area contributed by atoms with Gasteiger partial charge in [-0.2, -0.15) is 0 Å². The number of carbonyl (C=O) groups is 2. The number of carbonyl (C=O) groups excluding carboxylic acids is 2. The van der Waals surface area contributed by atoms with Gasteiger partial charge in [0, 0.05) is 54.6 Å². The van der Waals surface area contributed by atoms with E-state index in [2.05, 4.69) is 27.3 Å². The molecule has 2 aliphatic rings. The van der Waals surface area contributed by atoms with E-state index in [4.69, 9.17) is 13.9 Å². The molecular weight excluding hydrogens is 430 g/mol. The van der Waals surface area contributed by atoms with Gasteiger partial charge in [0.05, 0.1) is 25.2 Å². The Labute approximate surface area is 188 Å². The number of aromatic nitrogens is 1. The average Bonchev–Trinajstić information content (AvgIpc) is 3.35. The predicted octanol–water partition coefficient (Wildman–Crippen LogP) is 3.66. The van der Waals surface area contributed by atoms with E-state index in [1.807, 2.05) is 6.07 Å². The smallest absolute Gasteiger partial charge is 0.290 e. The number of methoxy groups -OCH3 is 1. The van der Waals surface area contributed by atoms with Crippen LogP contribution < -0.4 is 10.1 Å². The van der Waals surface area contributed by atoms with Crippen LogP contribution in [0.25, 0.3) is 28.2 Å². The Morgan fingerprint density at radius 1 is 1.19 bits per heavy atom. The second kappa shape index (κ2) is 8.78. The van der Waals surface area contributed by atoms with Gasteiger partial charge in [-0.25, -0.2) is 0 Å². The Hall–Kier alpha value is -3.14. The summed E-state index contributed by atoms with van der Waals surface area (Å²) in [6.07, 6.45) is 5.03. The number of thioether (sulfide) groups is 1. The first-order valence-electron chi connectivity index (χ1n) is 10.2. The van der Waals surface area contributed by atoms with Crippen LogP contribution >= 0.6 is 11.8 Å². The van der Waals surface area contributed by atoms with E-state index in [0.29, 0.717) is 16.2 Å². The Morgan fingerprint density at radius 3 is 2.78 bits per heavy atom. The third-order valence-corrected chi connectivity index (χ3v) is 6.23. The molecule has 2 saturated heterocycles. The van der Waals surface area contributed by atoms with Crippen LogP contribution in [0.3, 0.4) is 0 Å². The molecule has 5 rings (SSSR count). The van der Waals surface area contributed by atoms with Crippen molar-refractivity contribution in [3.63, 3.8) is 0 Å². The minimum Gasteiger partial charge on any atom is -0.496 e. The number of hydrogen-bond donors (Lipinski definition) is 1. The molecule has 0 atom stereocenters. The molecule has 3 aromatic rings. The van der Waals surface area contributed by atoms with Gasteiger partial charge in [0.2, 0.25) is 0 Å². The zero-order chi connectivity index (χ0) is 22.1. The number of pyridine rings is 1. The number of fused-ring (bicyclic) bond motifs is 1. The Kier molecular flexibility index (Phi) is 5.69. The first-order valence-corrected chi connectivity index (χ1v) is 11.0. The molecule has 164 valence electrons. The van der Waals surface area contributed by atoms with Crippen LogP contribution in [0.15, 0.2) is 46.0 Å². The first kappa shape index (κ1) is 20.7. The number of morpholine rings is 1. The summed E-state index contributed by atoms with van der Waals surface area (Å²) < 4.78 is 17.2. The SMILES string of the molecule is COc1ccc(CN2CCOCC2)cc1-c1cncc2cc(/C=C3\SC(=O)NC3=O)oc12. The van der Waals surface area contributed by atoms with E-state index >= 15 is 0 Å². The second-order valence-corrected chi connectivity index (χ2v) is 8.54. The van der Waals surface area contributed by atoms with Crippen molar-refractivity contribution in [3.8, 4) is 16.9 Å².